The average molecular weight is 239 g/mol. The summed E-state index contributed by atoms with van der Waals surface area (Å²) in [4.78, 5) is 0. The Morgan fingerprint density at radius 1 is 1.47 bits per heavy atom. The molecule has 17 heavy (non-hydrogen) atoms. The Morgan fingerprint density at radius 3 is 2.94 bits per heavy atom. The van der Waals surface area contributed by atoms with Crippen LogP contribution in [0, 0.1) is 6.92 Å². The van der Waals surface area contributed by atoms with Gasteiger partial charge in [-0.3, -0.25) is 0 Å². The van der Waals surface area contributed by atoms with E-state index in [-0.39, 0.29) is 12.2 Å². The first-order valence-electron chi connectivity index (χ1n) is 6.29. The van der Waals surface area contributed by atoms with Gasteiger partial charge in [0.15, 0.2) is 0 Å². The Labute approximate surface area is 102 Å². The molecule has 1 aliphatic heterocycles. The van der Waals surface area contributed by atoms with E-state index in [1.54, 1.807) is 0 Å². The van der Waals surface area contributed by atoms with E-state index in [1.807, 2.05) is 19.1 Å². The summed E-state index contributed by atoms with van der Waals surface area (Å²) in [6.07, 6.45) is 3.52. The highest BCUT2D eigenvalue weighted by atomic mass is 16.5. The molecule has 4 heteroatoms. The Kier molecular flexibility index (Phi) is 4.59. The van der Waals surface area contributed by atoms with E-state index in [0.29, 0.717) is 13.2 Å². The first kappa shape index (κ1) is 12.6. The Morgan fingerprint density at radius 2 is 2.35 bits per heavy atom. The fourth-order valence-corrected chi connectivity index (χ4v) is 2.06. The summed E-state index contributed by atoms with van der Waals surface area (Å²) < 4.78 is 16.9. The van der Waals surface area contributed by atoms with Crippen molar-refractivity contribution in [2.24, 2.45) is 5.73 Å². The van der Waals surface area contributed by atoms with E-state index >= 15 is 0 Å². The van der Waals surface area contributed by atoms with Crippen LogP contribution in [0.1, 0.15) is 36.9 Å². The number of hydrogen-bond acceptors (Lipinski definition) is 4. The van der Waals surface area contributed by atoms with Gasteiger partial charge in [0.25, 0.3) is 0 Å². The maximum atomic E-state index is 5.79. The van der Waals surface area contributed by atoms with Crippen LogP contribution in [0.4, 0.5) is 0 Å². The van der Waals surface area contributed by atoms with Crippen LogP contribution in [0.2, 0.25) is 0 Å². The molecule has 2 N–H and O–H groups in total. The van der Waals surface area contributed by atoms with E-state index in [2.05, 4.69) is 0 Å². The van der Waals surface area contributed by atoms with Gasteiger partial charge >= 0.3 is 0 Å². The number of rotatable bonds is 5. The third kappa shape index (κ3) is 3.56. The fourth-order valence-electron chi connectivity index (χ4n) is 2.06. The molecule has 1 saturated heterocycles. The fraction of sp³-hybridized carbons (Fsp3) is 0.692. The van der Waals surface area contributed by atoms with Gasteiger partial charge in [-0.25, -0.2) is 0 Å². The van der Waals surface area contributed by atoms with Crippen molar-refractivity contribution in [2.75, 3.05) is 19.8 Å². The summed E-state index contributed by atoms with van der Waals surface area (Å²) in [6.45, 7) is 3.80. The van der Waals surface area contributed by atoms with Crippen molar-refractivity contribution in [1.29, 1.82) is 0 Å². The Bertz CT molecular complexity index is 331. The van der Waals surface area contributed by atoms with Gasteiger partial charge < -0.3 is 19.6 Å². The lowest BCUT2D eigenvalue weighted by atomic mass is 10.1. The molecule has 1 aliphatic rings. The van der Waals surface area contributed by atoms with Crippen molar-refractivity contribution in [3.8, 4) is 0 Å². The predicted octanol–water partition coefficient (Wildman–Crippen LogP) is 2.17. The molecule has 2 heterocycles. The van der Waals surface area contributed by atoms with Crippen LogP contribution < -0.4 is 5.73 Å². The monoisotopic (exact) mass is 239 g/mol. The van der Waals surface area contributed by atoms with Crippen LogP contribution >= 0.6 is 0 Å². The molecule has 0 spiro atoms. The summed E-state index contributed by atoms with van der Waals surface area (Å²) in [7, 11) is 0. The summed E-state index contributed by atoms with van der Waals surface area (Å²) >= 11 is 0. The molecular weight excluding hydrogens is 218 g/mol. The minimum absolute atomic E-state index is 0.158. The summed E-state index contributed by atoms with van der Waals surface area (Å²) in [5, 5.41) is 0. The van der Waals surface area contributed by atoms with Gasteiger partial charge in [0.05, 0.1) is 12.7 Å². The highest BCUT2D eigenvalue weighted by Gasteiger charge is 2.19. The second kappa shape index (κ2) is 6.19. The third-order valence-corrected chi connectivity index (χ3v) is 3.05. The molecule has 2 unspecified atom stereocenters. The molecular formula is C13H21NO3. The van der Waals surface area contributed by atoms with E-state index in [0.717, 1.165) is 31.0 Å². The van der Waals surface area contributed by atoms with Crippen LogP contribution in [0.15, 0.2) is 16.5 Å². The number of hydrogen-bond donors (Lipinski definition) is 1. The van der Waals surface area contributed by atoms with Crippen LogP contribution in [-0.2, 0) is 9.47 Å². The smallest absolute Gasteiger partial charge is 0.134 e. The summed E-state index contributed by atoms with van der Waals surface area (Å²) in [5.41, 5.74) is 5.70. The molecule has 2 atom stereocenters. The molecule has 0 radical (unpaired) electrons. The maximum absolute atomic E-state index is 5.79. The van der Waals surface area contributed by atoms with Gasteiger partial charge in [-0.2, -0.15) is 0 Å². The molecule has 2 rings (SSSR count). The van der Waals surface area contributed by atoms with E-state index in [9.17, 15) is 0 Å². The second-order valence-electron chi connectivity index (χ2n) is 4.49. The lowest BCUT2D eigenvalue weighted by Gasteiger charge is -2.24. The summed E-state index contributed by atoms with van der Waals surface area (Å²) in [6, 6.07) is 3.85. The molecule has 1 aromatic rings. The minimum Gasteiger partial charge on any atom is -0.464 e. The van der Waals surface area contributed by atoms with Crippen LogP contribution in [0.5, 0.6) is 0 Å². The van der Waals surface area contributed by atoms with Crippen molar-refractivity contribution in [3.05, 3.63) is 23.7 Å². The quantitative estimate of drug-likeness (QED) is 0.855. The lowest BCUT2D eigenvalue weighted by molar-refractivity contribution is -0.0658. The van der Waals surface area contributed by atoms with Crippen molar-refractivity contribution in [3.63, 3.8) is 0 Å². The zero-order valence-corrected chi connectivity index (χ0v) is 10.4. The maximum Gasteiger partial charge on any atom is 0.134 e. The van der Waals surface area contributed by atoms with E-state index < -0.39 is 0 Å². The molecule has 4 nitrogen and oxygen atoms in total. The van der Waals surface area contributed by atoms with E-state index in [4.69, 9.17) is 19.6 Å². The van der Waals surface area contributed by atoms with Crippen molar-refractivity contribution < 1.29 is 13.9 Å². The van der Waals surface area contributed by atoms with Gasteiger partial charge in [-0.15, -0.1) is 0 Å². The van der Waals surface area contributed by atoms with Crippen molar-refractivity contribution in [1.82, 2.24) is 0 Å². The number of ether oxygens (including phenoxy) is 2. The molecule has 96 valence electrons. The number of furan rings is 1. The molecule has 1 aromatic heterocycles. The standard InChI is InChI=1S/C13H21NO3/c1-10-5-6-12(17-10)13(8-14)16-9-11-4-2-3-7-15-11/h5-6,11,13H,2-4,7-9,14H2,1H3. The normalized spacial score (nSPS) is 22.6. The second-order valence-corrected chi connectivity index (χ2v) is 4.49. The third-order valence-electron chi connectivity index (χ3n) is 3.05. The zero-order chi connectivity index (χ0) is 12.1. The van der Waals surface area contributed by atoms with Crippen molar-refractivity contribution >= 4 is 0 Å². The molecule has 1 fully saturated rings. The van der Waals surface area contributed by atoms with Gasteiger partial charge in [0.2, 0.25) is 0 Å². The molecule has 0 saturated carbocycles. The van der Waals surface area contributed by atoms with Gasteiger partial charge in [-0.1, -0.05) is 0 Å². The van der Waals surface area contributed by atoms with Crippen LogP contribution in [-0.4, -0.2) is 25.9 Å². The molecule has 0 amide bonds. The SMILES string of the molecule is Cc1ccc(C(CN)OCC2CCCCO2)o1. The molecule has 0 aromatic carbocycles. The van der Waals surface area contributed by atoms with Crippen LogP contribution in [0.3, 0.4) is 0 Å². The Balaban J connectivity index is 1.82. The van der Waals surface area contributed by atoms with Gasteiger partial charge in [0.1, 0.15) is 17.6 Å². The number of nitrogens with two attached hydrogens (primary N) is 1. The van der Waals surface area contributed by atoms with E-state index in [1.165, 1.54) is 6.42 Å². The minimum atomic E-state index is -0.158. The first-order valence-corrected chi connectivity index (χ1v) is 6.29. The lowest BCUT2D eigenvalue weighted by Crippen LogP contribution is -2.27. The highest BCUT2D eigenvalue weighted by Crippen LogP contribution is 2.21. The molecule has 0 bridgehead atoms. The van der Waals surface area contributed by atoms with Crippen molar-refractivity contribution in [2.45, 2.75) is 38.4 Å². The summed E-state index contributed by atoms with van der Waals surface area (Å²) in [5.74, 6) is 1.69. The average Bonchev–Trinajstić information content (AvgIpc) is 2.78. The Hall–Kier alpha value is -0.840. The molecule has 0 aliphatic carbocycles. The predicted molar refractivity (Wildman–Crippen MR) is 64.8 cm³/mol. The number of aryl methyl sites for hydroxylation is 1. The van der Waals surface area contributed by atoms with Gasteiger partial charge in [-0.05, 0) is 38.3 Å². The highest BCUT2D eigenvalue weighted by molar-refractivity contribution is 5.08. The zero-order valence-electron chi connectivity index (χ0n) is 10.4. The first-order chi connectivity index (χ1) is 8.29. The largest absolute Gasteiger partial charge is 0.464 e. The van der Waals surface area contributed by atoms with Gasteiger partial charge in [0, 0.05) is 13.2 Å². The van der Waals surface area contributed by atoms with Crippen LogP contribution in [0.25, 0.3) is 0 Å². The topological polar surface area (TPSA) is 57.6 Å².